The quantitative estimate of drug-likeness (QED) is 0.471. The van der Waals surface area contributed by atoms with Crippen LogP contribution in [-0.2, 0) is 9.59 Å². The molecule has 11 heavy (non-hydrogen) atoms. The molecule has 0 fully saturated rings. The maximum absolute atomic E-state index is 11.5. The first-order valence-electron chi connectivity index (χ1n) is 3.50. The van der Waals surface area contributed by atoms with Crippen LogP contribution in [0.2, 0.25) is 0 Å². The van der Waals surface area contributed by atoms with E-state index in [1.807, 2.05) is 0 Å². The topological polar surface area (TPSA) is 54.4 Å². The van der Waals surface area contributed by atoms with E-state index < -0.39 is 18.4 Å². The molecule has 0 aromatic rings. The van der Waals surface area contributed by atoms with Gasteiger partial charge < -0.3 is 5.11 Å². The number of aliphatic carboxylic acids is 1. The van der Waals surface area contributed by atoms with Crippen molar-refractivity contribution in [3.05, 3.63) is 0 Å². The highest BCUT2D eigenvalue weighted by atomic mass is 19.1. The lowest BCUT2D eigenvalue weighted by Crippen LogP contribution is -2.11. The number of alkyl halides is 1. The molecular formula is C7H11FO3. The first-order chi connectivity index (χ1) is 5.18. The average molecular weight is 162 g/mol. The first-order valence-corrected chi connectivity index (χ1v) is 3.50. The molecule has 0 atom stereocenters. The van der Waals surface area contributed by atoms with Gasteiger partial charge in [0.2, 0.25) is 5.78 Å². The highest BCUT2D eigenvalue weighted by molar-refractivity contribution is 6.32. The normalized spacial score (nSPS) is 9.55. The number of carboxylic acid groups (broad SMARTS) is 1. The van der Waals surface area contributed by atoms with Crippen LogP contribution in [0.3, 0.4) is 0 Å². The summed E-state index contributed by atoms with van der Waals surface area (Å²) in [4.78, 5) is 20.4. The molecular weight excluding hydrogens is 151 g/mol. The minimum Gasteiger partial charge on any atom is -0.476 e. The molecule has 0 saturated carbocycles. The largest absolute Gasteiger partial charge is 0.476 e. The predicted molar refractivity (Wildman–Crippen MR) is 37.1 cm³/mol. The molecule has 0 heterocycles. The summed E-state index contributed by atoms with van der Waals surface area (Å²) < 4.78 is 11.5. The van der Waals surface area contributed by atoms with Crippen molar-refractivity contribution in [3.63, 3.8) is 0 Å². The zero-order valence-electron chi connectivity index (χ0n) is 6.18. The van der Waals surface area contributed by atoms with Gasteiger partial charge in [-0.1, -0.05) is 6.42 Å². The first kappa shape index (κ1) is 10.1. The third-order valence-corrected chi connectivity index (χ3v) is 1.28. The van der Waals surface area contributed by atoms with E-state index in [1.165, 1.54) is 0 Å². The highest BCUT2D eigenvalue weighted by Crippen LogP contribution is 2.00. The van der Waals surface area contributed by atoms with Gasteiger partial charge in [0.1, 0.15) is 0 Å². The third-order valence-electron chi connectivity index (χ3n) is 1.28. The van der Waals surface area contributed by atoms with E-state index in [9.17, 15) is 14.0 Å². The average Bonchev–Trinajstić information content (AvgIpc) is 1.97. The number of ketones is 1. The lowest BCUT2D eigenvalue weighted by Gasteiger charge is -1.93. The molecule has 0 aromatic heterocycles. The Hall–Kier alpha value is -0.930. The molecule has 0 unspecified atom stereocenters. The fraction of sp³-hybridized carbons (Fsp3) is 0.714. The Morgan fingerprint density at radius 2 is 1.82 bits per heavy atom. The maximum Gasteiger partial charge on any atom is 0.372 e. The van der Waals surface area contributed by atoms with Crippen LogP contribution in [-0.4, -0.2) is 23.5 Å². The second-order valence-corrected chi connectivity index (χ2v) is 2.23. The Morgan fingerprint density at radius 1 is 1.18 bits per heavy atom. The van der Waals surface area contributed by atoms with E-state index in [0.29, 0.717) is 19.3 Å². The predicted octanol–water partition coefficient (Wildman–Crippen LogP) is 1.17. The third kappa shape index (κ3) is 5.51. The minimum atomic E-state index is -1.40. The molecule has 0 aliphatic heterocycles. The molecule has 64 valence electrons. The second-order valence-electron chi connectivity index (χ2n) is 2.23. The van der Waals surface area contributed by atoms with Gasteiger partial charge in [-0.05, 0) is 12.8 Å². The number of hydrogen-bond donors (Lipinski definition) is 1. The van der Waals surface area contributed by atoms with Gasteiger partial charge in [-0.3, -0.25) is 9.18 Å². The van der Waals surface area contributed by atoms with Gasteiger partial charge in [0.15, 0.2) is 0 Å². The molecule has 0 amide bonds. The number of rotatable bonds is 6. The van der Waals surface area contributed by atoms with Crippen LogP contribution >= 0.6 is 0 Å². The Kier molecular flexibility index (Phi) is 5.33. The van der Waals surface area contributed by atoms with Crippen molar-refractivity contribution in [3.8, 4) is 0 Å². The maximum atomic E-state index is 11.5. The van der Waals surface area contributed by atoms with E-state index in [0.717, 1.165) is 0 Å². The fourth-order valence-corrected chi connectivity index (χ4v) is 0.664. The van der Waals surface area contributed by atoms with Gasteiger partial charge in [0.25, 0.3) is 0 Å². The molecule has 0 aromatic carbocycles. The van der Waals surface area contributed by atoms with Gasteiger partial charge in [0.05, 0.1) is 6.67 Å². The summed E-state index contributed by atoms with van der Waals surface area (Å²) >= 11 is 0. The van der Waals surface area contributed by atoms with Crippen molar-refractivity contribution in [2.75, 3.05) is 6.67 Å². The van der Waals surface area contributed by atoms with Crippen LogP contribution in [0.1, 0.15) is 25.7 Å². The monoisotopic (exact) mass is 162 g/mol. The number of carboxylic acids is 1. The molecule has 0 radical (unpaired) electrons. The smallest absolute Gasteiger partial charge is 0.372 e. The summed E-state index contributed by atoms with van der Waals surface area (Å²) in [5, 5.41) is 8.11. The van der Waals surface area contributed by atoms with Crippen LogP contribution in [0.5, 0.6) is 0 Å². The molecule has 0 spiro atoms. The molecule has 3 nitrogen and oxygen atoms in total. The number of unbranched alkanes of at least 4 members (excludes halogenated alkanes) is 2. The van der Waals surface area contributed by atoms with Crippen LogP contribution in [0, 0.1) is 0 Å². The van der Waals surface area contributed by atoms with Crippen molar-refractivity contribution >= 4 is 11.8 Å². The van der Waals surface area contributed by atoms with Gasteiger partial charge in [-0.2, -0.15) is 0 Å². The summed E-state index contributed by atoms with van der Waals surface area (Å²) in [5.74, 6) is -2.19. The van der Waals surface area contributed by atoms with E-state index in [4.69, 9.17) is 5.11 Å². The summed E-state index contributed by atoms with van der Waals surface area (Å²) in [6.07, 6.45) is 1.48. The molecule has 1 N–H and O–H groups in total. The summed E-state index contributed by atoms with van der Waals surface area (Å²) in [5.41, 5.74) is 0. The SMILES string of the molecule is O=C(O)C(=O)CCCCCF. The van der Waals surface area contributed by atoms with E-state index in [-0.39, 0.29) is 6.42 Å². The van der Waals surface area contributed by atoms with Gasteiger partial charge in [-0.15, -0.1) is 0 Å². The Morgan fingerprint density at radius 3 is 2.27 bits per heavy atom. The summed E-state index contributed by atoms with van der Waals surface area (Å²) in [7, 11) is 0. The number of Topliss-reactive ketones (excluding diaryl/α,β-unsaturated/α-hetero) is 1. The van der Waals surface area contributed by atoms with Crippen LogP contribution in [0.15, 0.2) is 0 Å². The molecule has 0 bridgehead atoms. The van der Waals surface area contributed by atoms with Gasteiger partial charge in [0, 0.05) is 6.42 Å². The Balaban J connectivity index is 3.25. The van der Waals surface area contributed by atoms with Crippen LogP contribution in [0.25, 0.3) is 0 Å². The number of carbonyl (C=O) groups is 2. The van der Waals surface area contributed by atoms with Crippen LogP contribution in [0.4, 0.5) is 4.39 Å². The van der Waals surface area contributed by atoms with E-state index >= 15 is 0 Å². The Labute approximate surface area is 64.2 Å². The zero-order chi connectivity index (χ0) is 8.69. The zero-order valence-corrected chi connectivity index (χ0v) is 6.18. The molecule has 0 aliphatic carbocycles. The van der Waals surface area contributed by atoms with Crippen molar-refractivity contribution in [2.45, 2.75) is 25.7 Å². The molecule has 0 rings (SSSR count). The van der Waals surface area contributed by atoms with Crippen LogP contribution < -0.4 is 0 Å². The number of hydrogen-bond acceptors (Lipinski definition) is 2. The minimum absolute atomic E-state index is 0.0231. The molecule has 0 aliphatic rings. The molecule has 4 heteroatoms. The van der Waals surface area contributed by atoms with Crippen molar-refractivity contribution in [2.24, 2.45) is 0 Å². The Bertz CT molecular complexity index is 145. The summed E-state index contributed by atoms with van der Waals surface area (Å²) in [6.45, 7) is -0.402. The van der Waals surface area contributed by atoms with E-state index in [2.05, 4.69) is 0 Å². The summed E-state index contributed by atoms with van der Waals surface area (Å²) in [6, 6.07) is 0. The second kappa shape index (κ2) is 5.82. The fourth-order valence-electron chi connectivity index (χ4n) is 0.664. The van der Waals surface area contributed by atoms with E-state index in [1.54, 1.807) is 0 Å². The van der Waals surface area contributed by atoms with Crippen molar-refractivity contribution in [1.82, 2.24) is 0 Å². The lowest BCUT2D eigenvalue weighted by molar-refractivity contribution is -0.149. The van der Waals surface area contributed by atoms with Crippen molar-refractivity contribution < 1.29 is 19.1 Å². The van der Waals surface area contributed by atoms with Gasteiger partial charge in [-0.25, -0.2) is 4.79 Å². The number of carbonyl (C=O) groups excluding carboxylic acids is 1. The molecule has 0 saturated heterocycles. The van der Waals surface area contributed by atoms with Gasteiger partial charge >= 0.3 is 5.97 Å². The standard InChI is InChI=1S/C7H11FO3/c8-5-3-1-2-4-6(9)7(10)11/h1-5H2,(H,10,11). The number of halogens is 1. The lowest BCUT2D eigenvalue weighted by atomic mass is 10.1. The highest BCUT2D eigenvalue weighted by Gasteiger charge is 2.09. The van der Waals surface area contributed by atoms with Crippen molar-refractivity contribution in [1.29, 1.82) is 0 Å².